The number of rotatable bonds is 5. The lowest BCUT2D eigenvalue weighted by atomic mass is 10.00. The van der Waals surface area contributed by atoms with Crippen molar-refractivity contribution in [3.05, 3.63) is 53.7 Å². The average Bonchev–Trinajstić information content (AvgIpc) is 3.08. The van der Waals surface area contributed by atoms with Gasteiger partial charge in [0.15, 0.2) is 11.8 Å². The number of benzene rings is 1. The van der Waals surface area contributed by atoms with Crippen molar-refractivity contribution in [2.45, 2.75) is 26.2 Å². The van der Waals surface area contributed by atoms with Crippen molar-refractivity contribution in [1.82, 2.24) is 20.4 Å². The molecule has 2 heterocycles. The molecule has 0 radical (unpaired) electrons. The number of nitrogens with zero attached hydrogens (tertiary/aromatic N) is 4. The van der Waals surface area contributed by atoms with Crippen LogP contribution in [0.15, 0.2) is 45.9 Å². The van der Waals surface area contributed by atoms with Gasteiger partial charge in [-0.05, 0) is 30.9 Å². The quantitative estimate of drug-likeness (QED) is 0.515. The van der Waals surface area contributed by atoms with Crippen LogP contribution in [0.5, 0.6) is 0 Å². The van der Waals surface area contributed by atoms with Crippen LogP contribution in [0.25, 0.3) is 5.57 Å². The van der Waals surface area contributed by atoms with Crippen LogP contribution in [0.4, 0.5) is 0 Å². The number of hydrogen-bond acceptors (Lipinski definition) is 4. The van der Waals surface area contributed by atoms with E-state index < -0.39 is 0 Å². The summed E-state index contributed by atoms with van der Waals surface area (Å²) in [5, 5.41) is 7.23. The highest BCUT2D eigenvalue weighted by molar-refractivity contribution is 5.81. The summed E-state index contributed by atoms with van der Waals surface area (Å²) in [6.07, 6.45) is 5.04. The molecular weight excluding hydrogens is 314 g/mol. The molecule has 25 heavy (non-hydrogen) atoms. The molecule has 1 aliphatic rings. The lowest BCUT2D eigenvalue weighted by Gasteiger charge is -2.29. The highest BCUT2D eigenvalue weighted by Crippen LogP contribution is 2.21. The standard InChI is InChI=1S/C19H25N5O/c1-15-22-18(25-23-15)9-6-12-21-19(20-2)24-13-10-17(11-14-24)16-7-4-3-5-8-16/h3-5,7-8,10H,6,9,11-14H2,1-2H3,(H,20,21). The Kier molecular flexibility index (Phi) is 5.82. The van der Waals surface area contributed by atoms with Crippen molar-refractivity contribution in [3.63, 3.8) is 0 Å². The van der Waals surface area contributed by atoms with Crippen LogP contribution in [0.1, 0.15) is 30.1 Å². The van der Waals surface area contributed by atoms with E-state index in [9.17, 15) is 0 Å². The Morgan fingerprint density at radius 2 is 2.16 bits per heavy atom. The zero-order valence-corrected chi connectivity index (χ0v) is 14.9. The summed E-state index contributed by atoms with van der Waals surface area (Å²) in [5.74, 6) is 2.33. The topological polar surface area (TPSA) is 66.5 Å². The first-order valence-corrected chi connectivity index (χ1v) is 8.75. The molecule has 6 heteroatoms. The Labute approximate surface area is 148 Å². The summed E-state index contributed by atoms with van der Waals surface area (Å²) in [4.78, 5) is 10.9. The number of hydrogen-bond donors (Lipinski definition) is 1. The van der Waals surface area contributed by atoms with E-state index in [0.29, 0.717) is 11.7 Å². The van der Waals surface area contributed by atoms with Crippen LogP contribution in [-0.2, 0) is 6.42 Å². The van der Waals surface area contributed by atoms with E-state index in [1.807, 2.05) is 14.0 Å². The van der Waals surface area contributed by atoms with E-state index in [-0.39, 0.29) is 0 Å². The van der Waals surface area contributed by atoms with Crippen molar-refractivity contribution in [2.24, 2.45) is 4.99 Å². The molecule has 1 N–H and O–H groups in total. The molecule has 0 spiro atoms. The molecule has 0 saturated carbocycles. The predicted octanol–water partition coefficient (Wildman–Crippen LogP) is 2.68. The van der Waals surface area contributed by atoms with Gasteiger partial charge in [0, 0.05) is 33.1 Å². The van der Waals surface area contributed by atoms with Crippen molar-refractivity contribution in [2.75, 3.05) is 26.7 Å². The number of aliphatic imine (C=N–C) groups is 1. The third-order valence-corrected chi connectivity index (χ3v) is 4.29. The van der Waals surface area contributed by atoms with Crippen LogP contribution < -0.4 is 5.32 Å². The second-order valence-corrected chi connectivity index (χ2v) is 6.10. The van der Waals surface area contributed by atoms with E-state index in [1.54, 1.807) is 0 Å². The van der Waals surface area contributed by atoms with Crippen molar-refractivity contribution < 1.29 is 4.52 Å². The summed E-state index contributed by atoms with van der Waals surface area (Å²) in [7, 11) is 1.83. The van der Waals surface area contributed by atoms with Gasteiger partial charge in [0.05, 0.1) is 0 Å². The maximum atomic E-state index is 5.13. The Bertz CT molecular complexity index is 735. The number of nitrogens with one attached hydrogen (secondary N) is 1. The number of aryl methyl sites for hydroxylation is 2. The molecule has 0 bridgehead atoms. The van der Waals surface area contributed by atoms with E-state index in [0.717, 1.165) is 44.9 Å². The Hall–Kier alpha value is -2.63. The molecule has 0 atom stereocenters. The largest absolute Gasteiger partial charge is 0.356 e. The molecule has 0 fully saturated rings. The van der Waals surface area contributed by atoms with Gasteiger partial charge in [0.2, 0.25) is 5.89 Å². The first-order chi connectivity index (χ1) is 12.3. The molecule has 132 valence electrons. The second-order valence-electron chi connectivity index (χ2n) is 6.10. The third-order valence-electron chi connectivity index (χ3n) is 4.29. The summed E-state index contributed by atoms with van der Waals surface area (Å²) in [6, 6.07) is 10.6. The first kappa shape index (κ1) is 17.2. The zero-order valence-electron chi connectivity index (χ0n) is 14.9. The van der Waals surface area contributed by atoms with E-state index in [1.165, 1.54) is 11.1 Å². The Balaban J connectivity index is 1.46. The van der Waals surface area contributed by atoms with Gasteiger partial charge in [-0.2, -0.15) is 4.98 Å². The van der Waals surface area contributed by atoms with Gasteiger partial charge in [-0.25, -0.2) is 0 Å². The molecule has 6 nitrogen and oxygen atoms in total. The van der Waals surface area contributed by atoms with Gasteiger partial charge in [0.25, 0.3) is 0 Å². The minimum Gasteiger partial charge on any atom is -0.356 e. The molecule has 0 aliphatic carbocycles. The van der Waals surface area contributed by atoms with Crippen LogP contribution in [0.3, 0.4) is 0 Å². The van der Waals surface area contributed by atoms with Crippen LogP contribution in [-0.4, -0.2) is 47.7 Å². The molecule has 1 aromatic carbocycles. The molecule has 0 saturated heterocycles. The van der Waals surface area contributed by atoms with E-state index in [4.69, 9.17) is 4.52 Å². The molecule has 0 amide bonds. The Morgan fingerprint density at radius 3 is 2.80 bits per heavy atom. The van der Waals surface area contributed by atoms with Gasteiger partial charge in [-0.15, -0.1) is 0 Å². The van der Waals surface area contributed by atoms with Gasteiger partial charge in [0.1, 0.15) is 0 Å². The van der Waals surface area contributed by atoms with Gasteiger partial charge >= 0.3 is 0 Å². The average molecular weight is 339 g/mol. The smallest absolute Gasteiger partial charge is 0.226 e. The van der Waals surface area contributed by atoms with E-state index in [2.05, 4.69) is 61.8 Å². The first-order valence-electron chi connectivity index (χ1n) is 8.75. The highest BCUT2D eigenvalue weighted by atomic mass is 16.5. The maximum absolute atomic E-state index is 5.13. The van der Waals surface area contributed by atoms with Crippen molar-refractivity contribution in [1.29, 1.82) is 0 Å². The summed E-state index contributed by atoms with van der Waals surface area (Å²) in [6.45, 7) is 4.52. The SMILES string of the molecule is CN=C(NCCCc1nc(C)no1)N1CC=C(c2ccccc2)CC1. The lowest BCUT2D eigenvalue weighted by molar-refractivity contribution is 0.371. The molecule has 1 aliphatic heterocycles. The van der Waals surface area contributed by atoms with Crippen molar-refractivity contribution >= 4 is 11.5 Å². The minimum absolute atomic E-state index is 0.688. The summed E-state index contributed by atoms with van der Waals surface area (Å²) in [5.41, 5.74) is 2.74. The summed E-state index contributed by atoms with van der Waals surface area (Å²) < 4.78 is 5.13. The van der Waals surface area contributed by atoms with Crippen molar-refractivity contribution in [3.8, 4) is 0 Å². The van der Waals surface area contributed by atoms with Gasteiger partial charge < -0.3 is 14.7 Å². The molecule has 0 unspecified atom stereocenters. The second kappa shape index (κ2) is 8.46. The molecular formula is C19H25N5O. The lowest BCUT2D eigenvalue weighted by Crippen LogP contribution is -2.43. The fraction of sp³-hybridized carbons (Fsp3) is 0.421. The van der Waals surface area contributed by atoms with Gasteiger partial charge in [-0.1, -0.05) is 41.6 Å². The third kappa shape index (κ3) is 4.68. The minimum atomic E-state index is 0.688. The number of guanidine groups is 1. The predicted molar refractivity (Wildman–Crippen MR) is 99.3 cm³/mol. The molecule has 2 aromatic rings. The fourth-order valence-electron chi connectivity index (χ4n) is 2.99. The van der Waals surface area contributed by atoms with Gasteiger partial charge in [-0.3, -0.25) is 4.99 Å². The van der Waals surface area contributed by atoms with Crippen LogP contribution in [0.2, 0.25) is 0 Å². The highest BCUT2D eigenvalue weighted by Gasteiger charge is 2.15. The zero-order chi connectivity index (χ0) is 17.5. The van der Waals surface area contributed by atoms with E-state index >= 15 is 0 Å². The monoisotopic (exact) mass is 339 g/mol. The fourth-order valence-corrected chi connectivity index (χ4v) is 2.99. The Morgan fingerprint density at radius 1 is 1.32 bits per heavy atom. The van der Waals surface area contributed by atoms with Crippen LogP contribution in [0, 0.1) is 6.92 Å². The van der Waals surface area contributed by atoms with Crippen LogP contribution >= 0.6 is 0 Å². The molecule has 1 aromatic heterocycles. The maximum Gasteiger partial charge on any atom is 0.226 e. The normalized spacial score (nSPS) is 15.2. The summed E-state index contributed by atoms with van der Waals surface area (Å²) >= 11 is 0. The molecule has 3 rings (SSSR count). The number of aromatic nitrogens is 2.